The first-order valence-electron chi connectivity index (χ1n) is 12.0. The van der Waals surface area contributed by atoms with Gasteiger partial charge in [-0.15, -0.1) is 5.10 Å². The molecule has 0 atom stereocenters. The number of carbonyl (C=O) groups excluding carboxylic acids is 1. The van der Waals surface area contributed by atoms with E-state index in [-0.39, 0.29) is 30.2 Å². The number of pyridine rings is 1. The van der Waals surface area contributed by atoms with Crippen LogP contribution in [0, 0.1) is 18.3 Å². The van der Waals surface area contributed by atoms with Gasteiger partial charge >= 0.3 is 6.18 Å². The zero-order chi connectivity index (χ0) is 29.7. The number of rotatable bonds is 8. The standard InChI is InChI=1S/C28H22ClF3N6O3/c1-16-20(9-12-22(34-16)28(30,31)32)14-38-27(40)25(19-5-3-17(13-33)4-6-19)24(18-7-10-21(29)11-8-18)26(37-38)36-35-23(39)15-41-2/h3-12H,14-15H2,1-2H3,(H,35,39)(H,36,37). The summed E-state index contributed by atoms with van der Waals surface area (Å²) < 4.78 is 45.4. The third-order valence-electron chi connectivity index (χ3n) is 5.99. The molecule has 0 radical (unpaired) electrons. The van der Waals surface area contributed by atoms with Crippen molar-refractivity contribution in [2.75, 3.05) is 19.1 Å². The van der Waals surface area contributed by atoms with Gasteiger partial charge in [0.2, 0.25) is 0 Å². The maximum atomic E-state index is 14.0. The molecule has 0 saturated carbocycles. The second-order valence-corrected chi connectivity index (χ2v) is 9.24. The minimum Gasteiger partial charge on any atom is -0.375 e. The molecule has 4 rings (SSSR count). The van der Waals surface area contributed by atoms with Crippen molar-refractivity contribution in [3.63, 3.8) is 0 Å². The summed E-state index contributed by atoms with van der Waals surface area (Å²) in [6.45, 7) is 0.922. The van der Waals surface area contributed by atoms with Crippen LogP contribution >= 0.6 is 11.6 Å². The quantitative estimate of drug-likeness (QED) is 0.282. The number of carbonyl (C=O) groups is 1. The first-order valence-corrected chi connectivity index (χ1v) is 12.4. The lowest BCUT2D eigenvalue weighted by Gasteiger charge is -2.19. The number of nitriles is 1. The second kappa shape index (κ2) is 12.2. The Morgan fingerprint density at radius 1 is 1.05 bits per heavy atom. The van der Waals surface area contributed by atoms with Crippen LogP contribution in [0.1, 0.15) is 22.5 Å². The van der Waals surface area contributed by atoms with E-state index in [4.69, 9.17) is 16.3 Å². The second-order valence-electron chi connectivity index (χ2n) is 8.80. The number of aryl methyl sites for hydroxylation is 1. The van der Waals surface area contributed by atoms with Crippen LogP contribution in [-0.2, 0) is 22.3 Å². The molecule has 0 unspecified atom stereocenters. The van der Waals surface area contributed by atoms with E-state index in [1.165, 1.54) is 20.1 Å². The van der Waals surface area contributed by atoms with Crippen LogP contribution in [0.3, 0.4) is 0 Å². The smallest absolute Gasteiger partial charge is 0.375 e. The molecule has 13 heteroatoms. The summed E-state index contributed by atoms with van der Waals surface area (Å²) in [7, 11) is 1.35. The van der Waals surface area contributed by atoms with Crippen molar-refractivity contribution in [2.45, 2.75) is 19.6 Å². The van der Waals surface area contributed by atoms with Gasteiger partial charge in [-0.25, -0.2) is 9.67 Å². The molecule has 9 nitrogen and oxygen atoms in total. The number of benzene rings is 2. The largest absolute Gasteiger partial charge is 0.433 e. The topological polar surface area (TPSA) is 122 Å². The molecule has 0 aliphatic carbocycles. The lowest BCUT2D eigenvalue weighted by atomic mass is 9.95. The van der Waals surface area contributed by atoms with Gasteiger partial charge < -0.3 is 4.74 Å². The van der Waals surface area contributed by atoms with Crippen molar-refractivity contribution in [1.29, 1.82) is 5.26 Å². The summed E-state index contributed by atoms with van der Waals surface area (Å²) in [6, 6.07) is 17.0. The fraction of sp³-hybridized carbons (Fsp3) is 0.179. The maximum absolute atomic E-state index is 14.0. The highest BCUT2D eigenvalue weighted by molar-refractivity contribution is 6.30. The van der Waals surface area contributed by atoms with Crippen LogP contribution in [0.25, 0.3) is 22.3 Å². The predicted octanol–water partition coefficient (Wildman–Crippen LogP) is 4.96. The Morgan fingerprint density at radius 2 is 1.68 bits per heavy atom. The number of amides is 1. The van der Waals surface area contributed by atoms with E-state index < -0.39 is 23.3 Å². The fourth-order valence-electron chi connectivity index (χ4n) is 4.01. The summed E-state index contributed by atoms with van der Waals surface area (Å²) in [4.78, 5) is 29.8. The number of methoxy groups -OCH3 is 1. The lowest BCUT2D eigenvalue weighted by molar-refractivity contribution is -0.141. The molecule has 2 N–H and O–H groups in total. The highest BCUT2D eigenvalue weighted by Gasteiger charge is 2.32. The number of halogens is 4. The molecule has 41 heavy (non-hydrogen) atoms. The monoisotopic (exact) mass is 582 g/mol. The van der Waals surface area contributed by atoms with E-state index in [0.717, 1.165) is 10.7 Å². The molecule has 0 aliphatic rings. The predicted molar refractivity (Wildman–Crippen MR) is 146 cm³/mol. The Balaban J connectivity index is 1.95. The molecule has 2 heterocycles. The number of alkyl halides is 3. The molecule has 2 aromatic carbocycles. The van der Waals surface area contributed by atoms with Crippen molar-refractivity contribution in [1.82, 2.24) is 20.2 Å². The molecule has 0 bridgehead atoms. The van der Waals surface area contributed by atoms with Gasteiger partial charge in [-0.1, -0.05) is 41.9 Å². The average Bonchev–Trinajstić information content (AvgIpc) is 2.94. The fourth-order valence-corrected chi connectivity index (χ4v) is 4.14. The van der Waals surface area contributed by atoms with E-state index in [9.17, 15) is 28.0 Å². The van der Waals surface area contributed by atoms with E-state index in [0.29, 0.717) is 32.8 Å². The van der Waals surface area contributed by atoms with Crippen LogP contribution in [-0.4, -0.2) is 34.4 Å². The van der Waals surface area contributed by atoms with Gasteiger partial charge in [0.1, 0.15) is 12.3 Å². The van der Waals surface area contributed by atoms with Gasteiger partial charge in [-0.05, 0) is 53.9 Å². The van der Waals surface area contributed by atoms with E-state index in [1.807, 2.05) is 6.07 Å². The van der Waals surface area contributed by atoms with Gasteiger partial charge in [0.25, 0.3) is 11.5 Å². The molecule has 0 fully saturated rings. The molecular weight excluding hydrogens is 561 g/mol. The minimum absolute atomic E-state index is 0.0632. The molecule has 4 aromatic rings. The highest BCUT2D eigenvalue weighted by atomic mass is 35.5. The van der Waals surface area contributed by atoms with E-state index >= 15 is 0 Å². The lowest BCUT2D eigenvalue weighted by Crippen LogP contribution is -2.35. The molecule has 1 amide bonds. The van der Waals surface area contributed by atoms with E-state index in [2.05, 4.69) is 20.9 Å². The van der Waals surface area contributed by atoms with Gasteiger partial charge in [0, 0.05) is 23.4 Å². The molecule has 0 saturated heterocycles. The number of hydrogen-bond donors (Lipinski definition) is 2. The van der Waals surface area contributed by atoms with Gasteiger partial charge in [-0.2, -0.15) is 18.4 Å². The Hall–Kier alpha value is -4.73. The minimum atomic E-state index is -4.63. The van der Waals surface area contributed by atoms with Crippen LogP contribution in [0.15, 0.2) is 65.5 Å². The Morgan fingerprint density at radius 3 is 2.27 bits per heavy atom. The maximum Gasteiger partial charge on any atom is 0.433 e. The summed E-state index contributed by atoms with van der Waals surface area (Å²) in [5.41, 5.74) is 5.77. The molecule has 210 valence electrons. The van der Waals surface area contributed by atoms with Crippen LogP contribution in [0.5, 0.6) is 0 Å². The van der Waals surface area contributed by atoms with Crippen LogP contribution in [0.4, 0.5) is 19.0 Å². The highest BCUT2D eigenvalue weighted by Crippen LogP contribution is 2.35. The summed E-state index contributed by atoms with van der Waals surface area (Å²) >= 11 is 6.09. The first kappa shape index (κ1) is 29.3. The number of nitrogens with one attached hydrogen (secondary N) is 2. The molecule has 2 aromatic heterocycles. The van der Waals surface area contributed by atoms with E-state index in [1.54, 1.807) is 48.5 Å². The third-order valence-corrected chi connectivity index (χ3v) is 6.24. The van der Waals surface area contributed by atoms with Crippen molar-refractivity contribution < 1.29 is 22.7 Å². The zero-order valence-corrected chi connectivity index (χ0v) is 22.5. The third kappa shape index (κ3) is 6.71. The Bertz CT molecular complexity index is 1680. The zero-order valence-electron chi connectivity index (χ0n) is 21.7. The normalized spacial score (nSPS) is 11.1. The first-order chi connectivity index (χ1) is 19.5. The van der Waals surface area contributed by atoms with Crippen LogP contribution < -0.4 is 16.4 Å². The summed E-state index contributed by atoms with van der Waals surface area (Å²) in [5.74, 6) is -0.468. The molecular formula is C28H22ClF3N6O3. The molecule has 0 spiro atoms. The summed E-state index contributed by atoms with van der Waals surface area (Å²) in [6.07, 6.45) is -4.63. The number of nitrogens with zero attached hydrogens (tertiary/aromatic N) is 4. The Labute approximate surface area is 237 Å². The van der Waals surface area contributed by atoms with Gasteiger partial charge in [0.05, 0.1) is 23.7 Å². The van der Waals surface area contributed by atoms with Crippen molar-refractivity contribution in [2.24, 2.45) is 0 Å². The van der Waals surface area contributed by atoms with Crippen molar-refractivity contribution in [3.8, 4) is 28.3 Å². The number of aromatic nitrogens is 3. The Kier molecular flexibility index (Phi) is 8.71. The number of ether oxygens (including phenoxy) is 1. The van der Waals surface area contributed by atoms with Gasteiger partial charge in [-0.3, -0.25) is 20.4 Å². The number of hydrazine groups is 1. The van der Waals surface area contributed by atoms with Crippen molar-refractivity contribution in [3.05, 3.63) is 98.6 Å². The average molecular weight is 583 g/mol. The molecule has 0 aliphatic heterocycles. The number of hydrogen-bond acceptors (Lipinski definition) is 7. The van der Waals surface area contributed by atoms with Crippen LogP contribution in [0.2, 0.25) is 5.02 Å². The SMILES string of the molecule is COCC(=O)NNc1nn(Cc2ccc(C(F)(F)F)nc2C)c(=O)c(-c2ccc(C#N)cc2)c1-c1ccc(Cl)cc1. The summed E-state index contributed by atoms with van der Waals surface area (Å²) in [5, 5.41) is 14.1. The van der Waals surface area contributed by atoms with Gasteiger partial charge in [0.15, 0.2) is 5.82 Å². The number of anilines is 1. The van der Waals surface area contributed by atoms with Crippen molar-refractivity contribution >= 4 is 23.3 Å².